The third-order valence-corrected chi connectivity index (χ3v) is 2.98. The van der Waals surface area contributed by atoms with Gasteiger partial charge in [0.2, 0.25) is 0 Å². The second-order valence-corrected chi connectivity index (χ2v) is 4.18. The van der Waals surface area contributed by atoms with Crippen LogP contribution < -0.4 is 5.73 Å². The first-order valence-electron chi connectivity index (χ1n) is 4.60. The number of nitrogens with zero attached hydrogens (tertiary/aromatic N) is 2. The molecule has 1 aromatic heterocycles. The van der Waals surface area contributed by atoms with Crippen LogP contribution in [-0.2, 0) is 13.5 Å². The van der Waals surface area contributed by atoms with E-state index in [0.29, 0.717) is 5.92 Å². The molecule has 1 aromatic rings. The van der Waals surface area contributed by atoms with E-state index in [1.165, 1.54) is 12.8 Å². The number of hydrogen-bond acceptors (Lipinski definition) is 2. The summed E-state index contributed by atoms with van der Waals surface area (Å²) in [6.07, 6.45) is 5.07. The largest absolute Gasteiger partial charge is 0.327 e. The van der Waals surface area contributed by atoms with E-state index in [4.69, 9.17) is 17.3 Å². The molecule has 1 unspecified atom stereocenters. The van der Waals surface area contributed by atoms with Crippen LogP contribution in [0.1, 0.15) is 18.5 Å². The SMILES string of the molecule is Cn1ncc(Cl)c1CC(N)C1CC1. The molecule has 0 radical (unpaired) electrons. The molecule has 1 saturated carbocycles. The zero-order valence-electron chi connectivity index (χ0n) is 7.70. The summed E-state index contributed by atoms with van der Waals surface area (Å²) in [5, 5.41) is 4.81. The van der Waals surface area contributed by atoms with Crippen molar-refractivity contribution in [2.75, 3.05) is 0 Å². The van der Waals surface area contributed by atoms with Crippen LogP contribution in [0, 0.1) is 5.92 Å². The highest BCUT2D eigenvalue weighted by molar-refractivity contribution is 6.31. The van der Waals surface area contributed by atoms with Crippen molar-refractivity contribution in [1.29, 1.82) is 0 Å². The average Bonchev–Trinajstić information content (AvgIpc) is 2.88. The lowest BCUT2D eigenvalue weighted by Gasteiger charge is -2.10. The first-order chi connectivity index (χ1) is 6.18. The minimum absolute atomic E-state index is 0.257. The summed E-state index contributed by atoms with van der Waals surface area (Å²) in [6.45, 7) is 0. The molecule has 1 heterocycles. The van der Waals surface area contributed by atoms with E-state index in [9.17, 15) is 0 Å². The first kappa shape index (κ1) is 9.03. The maximum Gasteiger partial charge on any atom is 0.0818 e. The average molecular weight is 200 g/mol. The van der Waals surface area contributed by atoms with Gasteiger partial charge in [0.25, 0.3) is 0 Å². The van der Waals surface area contributed by atoms with Gasteiger partial charge in [-0.15, -0.1) is 0 Å². The zero-order chi connectivity index (χ0) is 9.42. The first-order valence-corrected chi connectivity index (χ1v) is 4.98. The van der Waals surface area contributed by atoms with Gasteiger partial charge >= 0.3 is 0 Å². The Hall–Kier alpha value is -0.540. The number of hydrogen-bond donors (Lipinski definition) is 1. The van der Waals surface area contributed by atoms with Crippen LogP contribution in [-0.4, -0.2) is 15.8 Å². The van der Waals surface area contributed by atoms with E-state index in [0.717, 1.165) is 17.1 Å². The summed E-state index contributed by atoms with van der Waals surface area (Å²) in [5.74, 6) is 0.714. The third kappa shape index (κ3) is 1.86. The lowest BCUT2D eigenvalue weighted by atomic mass is 10.1. The zero-order valence-corrected chi connectivity index (χ0v) is 8.46. The Morgan fingerprint density at radius 3 is 2.92 bits per heavy atom. The van der Waals surface area contributed by atoms with Crippen molar-refractivity contribution in [3.8, 4) is 0 Å². The van der Waals surface area contributed by atoms with Gasteiger partial charge < -0.3 is 5.73 Å². The van der Waals surface area contributed by atoms with Gasteiger partial charge in [-0.25, -0.2) is 0 Å². The molecule has 72 valence electrons. The molecule has 1 aliphatic carbocycles. The number of halogens is 1. The Bertz CT molecular complexity index is 284. The summed E-state index contributed by atoms with van der Waals surface area (Å²) >= 11 is 5.98. The van der Waals surface area contributed by atoms with E-state index < -0.39 is 0 Å². The number of nitrogens with two attached hydrogens (primary N) is 1. The van der Waals surface area contributed by atoms with Gasteiger partial charge in [0.1, 0.15) is 0 Å². The Morgan fingerprint density at radius 2 is 2.46 bits per heavy atom. The highest BCUT2D eigenvalue weighted by Crippen LogP contribution is 2.33. The highest BCUT2D eigenvalue weighted by atomic mass is 35.5. The molecule has 0 saturated heterocycles. The van der Waals surface area contributed by atoms with Crippen molar-refractivity contribution in [2.24, 2.45) is 18.7 Å². The second kappa shape index (κ2) is 3.31. The molecule has 2 N–H and O–H groups in total. The Morgan fingerprint density at radius 1 is 1.77 bits per heavy atom. The molecular formula is C9H14ClN3. The molecule has 1 aliphatic rings. The minimum Gasteiger partial charge on any atom is -0.327 e. The molecule has 4 heteroatoms. The molecule has 1 fully saturated rings. The van der Waals surface area contributed by atoms with Crippen molar-refractivity contribution < 1.29 is 0 Å². The fourth-order valence-electron chi connectivity index (χ4n) is 1.58. The summed E-state index contributed by atoms with van der Waals surface area (Å²) in [4.78, 5) is 0. The molecule has 2 rings (SSSR count). The van der Waals surface area contributed by atoms with Crippen LogP contribution in [0.3, 0.4) is 0 Å². The van der Waals surface area contributed by atoms with Gasteiger partial charge in [-0.2, -0.15) is 5.10 Å². The Kier molecular flexibility index (Phi) is 2.30. The topological polar surface area (TPSA) is 43.8 Å². The minimum atomic E-state index is 0.257. The van der Waals surface area contributed by atoms with Crippen molar-refractivity contribution in [3.05, 3.63) is 16.9 Å². The summed E-state index contributed by atoms with van der Waals surface area (Å²) < 4.78 is 1.81. The van der Waals surface area contributed by atoms with Crippen molar-refractivity contribution >= 4 is 11.6 Å². The molecule has 0 aliphatic heterocycles. The predicted molar refractivity (Wildman–Crippen MR) is 52.6 cm³/mol. The van der Waals surface area contributed by atoms with Crippen molar-refractivity contribution in [1.82, 2.24) is 9.78 Å². The highest BCUT2D eigenvalue weighted by Gasteiger charge is 2.29. The Labute approximate surface area is 82.9 Å². The summed E-state index contributed by atoms with van der Waals surface area (Å²) in [6, 6.07) is 0.257. The maximum absolute atomic E-state index is 6.01. The van der Waals surface area contributed by atoms with Gasteiger partial charge in [-0.1, -0.05) is 11.6 Å². The number of aromatic nitrogens is 2. The lowest BCUT2D eigenvalue weighted by molar-refractivity contribution is 0.562. The van der Waals surface area contributed by atoms with Crippen LogP contribution in [0.2, 0.25) is 5.02 Å². The molecule has 0 aromatic carbocycles. The molecule has 0 spiro atoms. The fraction of sp³-hybridized carbons (Fsp3) is 0.667. The van der Waals surface area contributed by atoms with E-state index >= 15 is 0 Å². The molecule has 1 atom stereocenters. The lowest BCUT2D eigenvalue weighted by Crippen LogP contribution is -2.26. The molecule has 13 heavy (non-hydrogen) atoms. The standard InChI is InChI=1S/C9H14ClN3/c1-13-9(7(10)5-12-13)4-8(11)6-2-3-6/h5-6,8H,2-4,11H2,1H3. The number of aryl methyl sites for hydroxylation is 1. The van der Waals surface area contributed by atoms with E-state index in [2.05, 4.69) is 5.10 Å². The van der Waals surface area contributed by atoms with Crippen LogP contribution >= 0.6 is 11.6 Å². The van der Waals surface area contributed by atoms with Gasteiger partial charge in [0, 0.05) is 19.5 Å². The van der Waals surface area contributed by atoms with Crippen molar-refractivity contribution in [3.63, 3.8) is 0 Å². The maximum atomic E-state index is 6.01. The molecule has 0 amide bonds. The molecular weight excluding hydrogens is 186 g/mol. The van der Waals surface area contributed by atoms with Crippen LogP contribution in [0.15, 0.2) is 6.20 Å². The van der Waals surface area contributed by atoms with Gasteiger partial charge in [0.05, 0.1) is 16.9 Å². The van der Waals surface area contributed by atoms with Crippen LogP contribution in [0.5, 0.6) is 0 Å². The van der Waals surface area contributed by atoms with Gasteiger partial charge in [-0.05, 0) is 18.8 Å². The monoisotopic (exact) mass is 199 g/mol. The second-order valence-electron chi connectivity index (χ2n) is 3.77. The van der Waals surface area contributed by atoms with Gasteiger partial charge in [-0.3, -0.25) is 4.68 Å². The third-order valence-electron chi connectivity index (χ3n) is 2.67. The Balaban J connectivity index is 2.07. The summed E-state index contributed by atoms with van der Waals surface area (Å²) in [7, 11) is 1.90. The normalized spacial score (nSPS) is 19.0. The molecule has 0 bridgehead atoms. The van der Waals surface area contributed by atoms with Gasteiger partial charge in [0.15, 0.2) is 0 Å². The smallest absolute Gasteiger partial charge is 0.0818 e. The van der Waals surface area contributed by atoms with Crippen LogP contribution in [0.4, 0.5) is 0 Å². The number of rotatable bonds is 3. The van der Waals surface area contributed by atoms with E-state index in [-0.39, 0.29) is 6.04 Å². The predicted octanol–water partition coefficient (Wildman–Crippen LogP) is 1.35. The fourth-order valence-corrected chi connectivity index (χ4v) is 1.82. The summed E-state index contributed by atoms with van der Waals surface area (Å²) in [5.41, 5.74) is 7.06. The van der Waals surface area contributed by atoms with Crippen molar-refractivity contribution in [2.45, 2.75) is 25.3 Å². The molecule has 3 nitrogen and oxygen atoms in total. The van der Waals surface area contributed by atoms with Crippen LogP contribution in [0.25, 0.3) is 0 Å². The van der Waals surface area contributed by atoms with E-state index in [1.807, 2.05) is 11.7 Å². The quantitative estimate of drug-likeness (QED) is 0.799. The van der Waals surface area contributed by atoms with E-state index in [1.54, 1.807) is 6.20 Å².